The van der Waals surface area contributed by atoms with Crippen LogP contribution in [0, 0.1) is 0 Å². The number of ether oxygens (including phenoxy) is 1. The summed E-state index contributed by atoms with van der Waals surface area (Å²) in [6.07, 6.45) is 0.417. The van der Waals surface area contributed by atoms with Crippen molar-refractivity contribution in [3.05, 3.63) is 34.9 Å². The van der Waals surface area contributed by atoms with E-state index in [1.807, 2.05) is 25.1 Å². The van der Waals surface area contributed by atoms with Gasteiger partial charge in [0.25, 0.3) is 0 Å². The molecule has 3 heteroatoms. The van der Waals surface area contributed by atoms with Crippen LogP contribution in [0.15, 0.2) is 24.3 Å². The molecule has 2 rings (SSSR count). The van der Waals surface area contributed by atoms with Crippen molar-refractivity contribution < 1.29 is 9.84 Å². The zero-order valence-corrected chi connectivity index (χ0v) is 8.79. The van der Waals surface area contributed by atoms with Gasteiger partial charge in [0, 0.05) is 17.0 Å². The van der Waals surface area contributed by atoms with Crippen LogP contribution in [0.3, 0.4) is 0 Å². The summed E-state index contributed by atoms with van der Waals surface area (Å²) in [6, 6.07) is 7.38. The van der Waals surface area contributed by atoms with Crippen molar-refractivity contribution in [1.82, 2.24) is 0 Å². The zero-order chi connectivity index (χ0) is 10.2. The molecule has 0 saturated carbocycles. The van der Waals surface area contributed by atoms with Gasteiger partial charge in [-0.15, -0.1) is 0 Å². The summed E-state index contributed by atoms with van der Waals surface area (Å²) in [5.74, 6) is 0. The van der Waals surface area contributed by atoms with Crippen LogP contribution in [0.25, 0.3) is 0 Å². The number of rotatable bonds is 1. The summed E-state index contributed by atoms with van der Waals surface area (Å²) in [6.45, 7) is 2.46. The maximum Gasteiger partial charge on any atom is 0.119 e. The second-order valence-corrected chi connectivity index (χ2v) is 4.07. The van der Waals surface area contributed by atoms with Crippen LogP contribution in [0.5, 0.6) is 0 Å². The molecule has 1 aliphatic rings. The van der Waals surface area contributed by atoms with Crippen molar-refractivity contribution in [3.8, 4) is 0 Å². The Hall–Kier alpha value is -0.570. The van der Waals surface area contributed by atoms with E-state index in [0.717, 1.165) is 5.56 Å². The molecular weight excluding hydrogens is 200 g/mol. The summed E-state index contributed by atoms with van der Waals surface area (Å²) in [5.41, 5.74) is -0.148. The van der Waals surface area contributed by atoms with Gasteiger partial charge in [0.2, 0.25) is 0 Å². The van der Waals surface area contributed by atoms with E-state index in [4.69, 9.17) is 16.3 Å². The third-order valence-electron chi connectivity index (χ3n) is 2.86. The van der Waals surface area contributed by atoms with Crippen LogP contribution in [0.4, 0.5) is 0 Å². The van der Waals surface area contributed by atoms with Crippen molar-refractivity contribution in [2.24, 2.45) is 0 Å². The maximum absolute atomic E-state index is 10.4. The van der Waals surface area contributed by atoms with E-state index in [9.17, 15) is 5.11 Å². The third kappa shape index (κ3) is 1.44. The fourth-order valence-electron chi connectivity index (χ4n) is 1.90. The largest absolute Gasteiger partial charge is 0.382 e. The second-order valence-electron chi connectivity index (χ2n) is 3.67. The number of aliphatic hydroxyl groups is 1. The van der Waals surface area contributed by atoms with Crippen LogP contribution in [0.1, 0.15) is 18.9 Å². The summed E-state index contributed by atoms with van der Waals surface area (Å²) in [5, 5.41) is 11.0. The molecule has 2 unspecified atom stereocenters. The lowest BCUT2D eigenvalue weighted by Gasteiger charge is -2.27. The molecule has 0 aliphatic carbocycles. The first-order valence-electron chi connectivity index (χ1n) is 4.73. The van der Waals surface area contributed by atoms with E-state index in [1.165, 1.54) is 0 Å². The van der Waals surface area contributed by atoms with Gasteiger partial charge in [-0.1, -0.05) is 29.8 Å². The topological polar surface area (TPSA) is 29.5 Å². The Bertz CT molecular complexity index is 340. The Kier molecular flexibility index (Phi) is 2.52. The van der Waals surface area contributed by atoms with Crippen molar-refractivity contribution in [2.75, 3.05) is 6.61 Å². The lowest BCUT2D eigenvalue weighted by atomic mass is 9.88. The molecule has 0 bridgehead atoms. The maximum atomic E-state index is 10.4. The highest BCUT2D eigenvalue weighted by atomic mass is 35.5. The van der Waals surface area contributed by atoms with Crippen molar-refractivity contribution in [1.29, 1.82) is 0 Å². The van der Waals surface area contributed by atoms with Crippen LogP contribution >= 0.6 is 11.6 Å². The van der Waals surface area contributed by atoms with Gasteiger partial charge < -0.3 is 9.84 Å². The fraction of sp³-hybridized carbons (Fsp3) is 0.455. The molecule has 1 saturated heterocycles. The van der Waals surface area contributed by atoms with Crippen LogP contribution in [0.2, 0.25) is 5.02 Å². The molecule has 2 atom stereocenters. The molecule has 1 aromatic rings. The molecular formula is C11H13ClO2. The van der Waals surface area contributed by atoms with Gasteiger partial charge in [0.15, 0.2) is 0 Å². The van der Waals surface area contributed by atoms with Crippen molar-refractivity contribution >= 4 is 11.6 Å². The molecule has 0 aromatic heterocycles. The minimum Gasteiger partial charge on any atom is -0.382 e. The van der Waals surface area contributed by atoms with Gasteiger partial charge in [-0.05, 0) is 13.0 Å². The van der Waals surface area contributed by atoms with Gasteiger partial charge in [0.05, 0.1) is 12.7 Å². The molecule has 14 heavy (non-hydrogen) atoms. The Morgan fingerprint density at radius 2 is 2.21 bits per heavy atom. The first-order valence-corrected chi connectivity index (χ1v) is 5.11. The minimum absolute atomic E-state index is 0.192. The molecule has 0 spiro atoms. The summed E-state index contributed by atoms with van der Waals surface area (Å²) >= 11 is 6.04. The van der Waals surface area contributed by atoms with Gasteiger partial charge in [-0.25, -0.2) is 0 Å². The van der Waals surface area contributed by atoms with Crippen LogP contribution < -0.4 is 0 Å². The van der Waals surface area contributed by atoms with E-state index < -0.39 is 5.60 Å². The number of hydrogen-bond donors (Lipinski definition) is 1. The molecule has 1 N–H and O–H groups in total. The molecule has 0 amide bonds. The highest BCUT2D eigenvalue weighted by Gasteiger charge is 2.42. The third-order valence-corrected chi connectivity index (χ3v) is 3.19. The van der Waals surface area contributed by atoms with Gasteiger partial charge in [0.1, 0.15) is 5.60 Å². The summed E-state index contributed by atoms with van der Waals surface area (Å²) < 4.78 is 5.37. The highest BCUT2D eigenvalue weighted by molar-refractivity contribution is 6.31. The average molecular weight is 213 g/mol. The molecule has 1 heterocycles. The quantitative estimate of drug-likeness (QED) is 0.775. The smallest absolute Gasteiger partial charge is 0.119 e. The van der Waals surface area contributed by atoms with E-state index in [-0.39, 0.29) is 6.10 Å². The van der Waals surface area contributed by atoms with Gasteiger partial charge in [-0.2, -0.15) is 0 Å². The molecule has 76 valence electrons. The van der Waals surface area contributed by atoms with E-state index in [0.29, 0.717) is 18.1 Å². The van der Waals surface area contributed by atoms with Gasteiger partial charge in [-0.3, -0.25) is 0 Å². The van der Waals surface area contributed by atoms with E-state index in [1.54, 1.807) is 6.07 Å². The normalized spacial score (nSPS) is 32.1. The Labute approximate surface area is 88.5 Å². The molecule has 0 radical (unpaired) electrons. The average Bonchev–Trinajstić information content (AvgIpc) is 2.49. The predicted octanol–water partition coefficient (Wildman–Crippen LogP) is 2.34. The minimum atomic E-state index is -0.918. The molecule has 1 fully saturated rings. The lowest BCUT2D eigenvalue weighted by Crippen LogP contribution is -2.33. The first kappa shape index (κ1) is 9.97. The lowest BCUT2D eigenvalue weighted by molar-refractivity contribution is -0.0316. The number of hydrogen-bond acceptors (Lipinski definition) is 2. The summed E-state index contributed by atoms with van der Waals surface area (Å²) in [7, 11) is 0. The fourth-order valence-corrected chi connectivity index (χ4v) is 2.20. The standard InChI is InChI=1S/C11H13ClO2/c1-8-11(13,6-7-14-8)9-4-2-3-5-10(9)12/h2-5,8,13H,6-7H2,1H3. The zero-order valence-electron chi connectivity index (χ0n) is 8.03. The predicted molar refractivity (Wildman–Crippen MR) is 55.4 cm³/mol. The van der Waals surface area contributed by atoms with E-state index in [2.05, 4.69) is 0 Å². The molecule has 1 aliphatic heterocycles. The van der Waals surface area contributed by atoms with Crippen molar-refractivity contribution in [3.63, 3.8) is 0 Å². The Morgan fingerprint density at radius 1 is 1.50 bits per heavy atom. The second kappa shape index (κ2) is 3.54. The van der Waals surface area contributed by atoms with Gasteiger partial charge >= 0.3 is 0 Å². The first-order chi connectivity index (χ1) is 6.64. The number of benzene rings is 1. The monoisotopic (exact) mass is 212 g/mol. The SMILES string of the molecule is CC1OCCC1(O)c1ccccc1Cl. The molecule has 1 aromatic carbocycles. The summed E-state index contributed by atoms with van der Waals surface area (Å²) in [4.78, 5) is 0. The van der Waals surface area contributed by atoms with Crippen LogP contribution in [-0.4, -0.2) is 17.8 Å². The van der Waals surface area contributed by atoms with Crippen LogP contribution in [-0.2, 0) is 10.3 Å². The van der Waals surface area contributed by atoms with E-state index >= 15 is 0 Å². The Morgan fingerprint density at radius 3 is 2.79 bits per heavy atom. The highest BCUT2D eigenvalue weighted by Crippen LogP contribution is 2.38. The Balaban J connectivity index is 2.43. The molecule has 2 nitrogen and oxygen atoms in total. The van der Waals surface area contributed by atoms with Crippen molar-refractivity contribution in [2.45, 2.75) is 25.0 Å². The number of halogens is 1.